The second kappa shape index (κ2) is 7.65. The van der Waals surface area contributed by atoms with Gasteiger partial charge in [-0.1, -0.05) is 13.8 Å². The van der Waals surface area contributed by atoms with Gasteiger partial charge >= 0.3 is 0 Å². The van der Waals surface area contributed by atoms with Gasteiger partial charge in [-0.15, -0.1) is 0 Å². The lowest BCUT2D eigenvalue weighted by Crippen LogP contribution is -3.13. The summed E-state index contributed by atoms with van der Waals surface area (Å²) in [5.41, 5.74) is 6.77. The molecule has 25 heavy (non-hydrogen) atoms. The van der Waals surface area contributed by atoms with E-state index in [1.807, 2.05) is 24.3 Å². The van der Waals surface area contributed by atoms with Crippen LogP contribution in [0.25, 0.3) is 0 Å². The Hall–Kier alpha value is -2.41. The number of methoxy groups -OCH3 is 1. The largest absolute Gasteiger partial charge is 0.497 e. The van der Waals surface area contributed by atoms with Gasteiger partial charge in [0.25, 0.3) is 0 Å². The fraction of sp³-hybridized carbons (Fsp3) is 0.500. The number of hydrogen-bond donors (Lipinski definition) is 3. The number of quaternary nitrogens is 1. The summed E-state index contributed by atoms with van der Waals surface area (Å²) < 4.78 is 5.17. The molecular formula is C18H27N6O+. The third kappa shape index (κ3) is 4.79. The molecule has 134 valence electrons. The van der Waals surface area contributed by atoms with Crippen molar-refractivity contribution in [2.24, 2.45) is 11.8 Å². The average Bonchev–Trinajstić information content (AvgIpc) is 2.54. The van der Waals surface area contributed by atoms with Crippen molar-refractivity contribution in [3.63, 3.8) is 0 Å². The van der Waals surface area contributed by atoms with Gasteiger partial charge in [0.1, 0.15) is 12.3 Å². The molecule has 1 saturated heterocycles. The van der Waals surface area contributed by atoms with Gasteiger partial charge < -0.3 is 20.7 Å². The van der Waals surface area contributed by atoms with Crippen LogP contribution in [0.5, 0.6) is 5.75 Å². The standard InChI is InChI=1S/C18H26N6O/c1-12-8-13(2)10-24(9-12)11-16-21-17(19)23-18(22-16)20-14-4-6-15(25-3)7-5-14/h4-7,12-13H,8-11H2,1-3H3,(H3,19,20,21,22,23)/p+1/t12-,13+. The maximum atomic E-state index is 5.89. The fourth-order valence-electron chi connectivity index (χ4n) is 3.67. The minimum atomic E-state index is 0.249. The van der Waals surface area contributed by atoms with Gasteiger partial charge in [-0.3, -0.25) is 0 Å². The Morgan fingerprint density at radius 1 is 1.12 bits per heavy atom. The van der Waals surface area contributed by atoms with Gasteiger partial charge in [-0.25, -0.2) is 0 Å². The monoisotopic (exact) mass is 343 g/mol. The molecule has 1 unspecified atom stereocenters. The van der Waals surface area contributed by atoms with E-state index in [4.69, 9.17) is 10.5 Å². The van der Waals surface area contributed by atoms with Crippen LogP contribution >= 0.6 is 0 Å². The highest BCUT2D eigenvalue weighted by atomic mass is 16.5. The molecule has 1 aromatic carbocycles. The van der Waals surface area contributed by atoms with E-state index in [1.165, 1.54) is 11.3 Å². The predicted molar refractivity (Wildman–Crippen MR) is 97.9 cm³/mol. The maximum Gasteiger partial charge on any atom is 0.232 e. The van der Waals surface area contributed by atoms with E-state index in [1.54, 1.807) is 7.11 Å². The minimum absolute atomic E-state index is 0.249. The van der Waals surface area contributed by atoms with Crippen LogP contribution < -0.4 is 20.7 Å². The summed E-state index contributed by atoms with van der Waals surface area (Å²) in [4.78, 5) is 14.6. The second-order valence-electron chi connectivity index (χ2n) is 7.07. The van der Waals surface area contributed by atoms with Crippen molar-refractivity contribution in [2.45, 2.75) is 26.8 Å². The van der Waals surface area contributed by atoms with E-state index in [0.29, 0.717) is 5.95 Å². The van der Waals surface area contributed by atoms with Crippen molar-refractivity contribution in [3.05, 3.63) is 30.1 Å². The number of anilines is 3. The number of nitrogens with two attached hydrogens (primary N) is 1. The minimum Gasteiger partial charge on any atom is -0.497 e. The Bertz CT molecular complexity index is 695. The summed E-state index contributed by atoms with van der Waals surface area (Å²) in [5, 5.41) is 3.18. The lowest BCUT2D eigenvalue weighted by atomic mass is 9.92. The maximum absolute atomic E-state index is 5.89. The second-order valence-corrected chi connectivity index (χ2v) is 7.07. The number of benzene rings is 1. The molecule has 7 nitrogen and oxygen atoms in total. The first-order chi connectivity index (χ1) is 12.0. The van der Waals surface area contributed by atoms with E-state index in [0.717, 1.165) is 48.7 Å². The number of piperidine rings is 1. The van der Waals surface area contributed by atoms with Crippen LogP contribution in [0.4, 0.5) is 17.6 Å². The van der Waals surface area contributed by atoms with Crippen LogP contribution in [-0.2, 0) is 6.54 Å². The van der Waals surface area contributed by atoms with Crippen molar-refractivity contribution in [1.82, 2.24) is 15.0 Å². The molecule has 2 aromatic rings. The first kappa shape index (κ1) is 17.4. The number of nitrogen functional groups attached to an aromatic ring is 1. The highest BCUT2D eigenvalue weighted by Crippen LogP contribution is 2.18. The molecule has 1 aliphatic heterocycles. The zero-order valence-electron chi connectivity index (χ0n) is 15.1. The highest BCUT2D eigenvalue weighted by Gasteiger charge is 2.26. The predicted octanol–water partition coefficient (Wildman–Crippen LogP) is 1.27. The topological polar surface area (TPSA) is 90.4 Å². The third-order valence-electron chi connectivity index (χ3n) is 4.53. The SMILES string of the molecule is COc1ccc(Nc2nc(N)nc(C[NH+]3C[C@H](C)C[C@H](C)C3)n2)cc1. The molecule has 0 saturated carbocycles. The molecular weight excluding hydrogens is 316 g/mol. The van der Waals surface area contributed by atoms with Gasteiger partial charge in [0.15, 0.2) is 5.82 Å². The third-order valence-corrected chi connectivity index (χ3v) is 4.53. The zero-order valence-corrected chi connectivity index (χ0v) is 15.1. The Kier molecular flexibility index (Phi) is 5.33. The van der Waals surface area contributed by atoms with Gasteiger partial charge in [0.2, 0.25) is 11.9 Å². The van der Waals surface area contributed by atoms with Crippen LogP contribution in [-0.4, -0.2) is 35.2 Å². The van der Waals surface area contributed by atoms with Crippen molar-refractivity contribution < 1.29 is 9.64 Å². The Balaban J connectivity index is 1.71. The molecule has 4 N–H and O–H groups in total. The molecule has 0 bridgehead atoms. The van der Waals surface area contributed by atoms with E-state index < -0.39 is 0 Å². The van der Waals surface area contributed by atoms with Crippen LogP contribution in [0.15, 0.2) is 24.3 Å². The molecule has 7 heteroatoms. The van der Waals surface area contributed by atoms with Crippen molar-refractivity contribution in [3.8, 4) is 5.75 Å². The molecule has 3 rings (SSSR count). The molecule has 1 aromatic heterocycles. The van der Waals surface area contributed by atoms with Gasteiger partial charge in [0.05, 0.1) is 20.2 Å². The molecule has 1 fully saturated rings. The quantitative estimate of drug-likeness (QED) is 0.757. The lowest BCUT2D eigenvalue weighted by molar-refractivity contribution is -0.926. The number of rotatable bonds is 5. The molecule has 1 aliphatic rings. The number of hydrogen-bond acceptors (Lipinski definition) is 6. The summed E-state index contributed by atoms with van der Waals surface area (Å²) >= 11 is 0. The van der Waals surface area contributed by atoms with Gasteiger partial charge in [-0.05, 0) is 30.7 Å². The summed E-state index contributed by atoms with van der Waals surface area (Å²) in [5.74, 6) is 3.73. The molecule has 2 heterocycles. The summed E-state index contributed by atoms with van der Waals surface area (Å²) in [6.07, 6.45) is 1.30. The molecule has 0 aliphatic carbocycles. The van der Waals surface area contributed by atoms with Crippen molar-refractivity contribution in [1.29, 1.82) is 0 Å². The average molecular weight is 343 g/mol. The number of nitrogens with one attached hydrogen (secondary N) is 2. The fourth-order valence-corrected chi connectivity index (χ4v) is 3.67. The molecule has 0 radical (unpaired) electrons. The first-order valence-corrected chi connectivity index (χ1v) is 8.77. The summed E-state index contributed by atoms with van der Waals surface area (Å²) in [6, 6.07) is 7.60. The van der Waals surface area contributed by atoms with E-state index in [2.05, 4.69) is 34.1 Å². The smallest absolute Gasteiger partial charge is 0.232 e. The van der Waals surface area contributed by atoms with E-state index >= 15 is 0 Å². The van der Waals surface area contributed by atoms with Crippen LogP contribution in [0.3, 0.4) is 0 Å². The van der Waals surface area contributed by atoms with Gasteiger partial charge in [0, 0.05) is 17.5 Å². The Morgan fingerprint density at radius 3 is 2.44 bits per heavy atom. The zero-order chi connectivity index (χ0) is 17.8. The highest BCUT2D eigenvalue weighted by molar-refractivity contribution is 5.55. The number of nitrogens with zero attached hydrogens (tertiary/aromatic N) is 3. The molecule has 0 spiro atoms. The van der Waals surface area contributed by atoms with Gasteiger partial charge in [-0.2, -0.15) is 15.0 Å². The Morgan fingerprint density at radius 2 is 1.80 bits per heavy atom. The van der Waals surface area contributed by atoms with Crippen molar-refractivity contribution in [2.75, 3.05) is 31.2 Å². The van der Waals surface area contributed by atoms with E-state index in [-0.39, 0.29) is 5.95 Å². The number of aromatic nitrogens is 3. The van der Waals surface area contributed by atoms with E-state index in [9.17, 15) is 0 Å². The first-order valence-electron chi connectivity index (χ1n) is 8.77. The van der Waals surface area contributed by atoms with Crippen molar-refractivity contribution >= 4 is 17.6 Å². The Labute approximate surface area is 148 Å². The molecule has 0 amide bonds. The van der Waals surface area contributed by atoms with Crippen LogP contribution in [0.1, 0.15) is 26.1 Å². The number of ether oxygens (including phenoxy) is 1. The lowest BCUT2D eigenvalue weighted by Gasteiger charge is -2.31. The normalized spacial score (nSPS) is 23.2. The molecule has 3 atom stereocenters. The van der Waals surface area contributed by atoms with Crippen LogP contribution in [0, 0.1) is 11.8 Å². The van der Waals surface area contributed by atoms with Crippen LogP contribution in [0.2, 0.25) is 0 Å². The summed E-state index contributed by atoms with van der Waals surface area (Å²) in [7, 11) is 1.64. The summed E-state index contributed by atoms with van der Waals surface area (Å²) in [6.45, 7) is 7.70. The number of likely N-dealkylation sites (tertiary alicyclic amines) is 1.